The highest BCUT2D eigenvalue weighted by atomic mass is 16.5. The number of rotatable bonds is 4. The van der Waals surface area contributed by atoms with Crippen molar-refractivity contribution in [2.24, 2.45) is 5.92 Å². The minimum atomic E-state index is 0.492. The maximum atomic E-state index is 6.02. The lowest BCUT2D eigenvalue weighted by Crippen LogP contribution is -2.47. The first kappa shape index (κ1) is 13.4. The molecule has 1 aliphatic heterocycles. The van der Waals surface area contributed by atoms with Gasteiger partial charge in [-0.1, -0.05) is 32.6 Å². The molecule has 2 heteroatoms. The van der Waals surface area contributed by atoms with E-state index in [9.17, 15) is 0 Å². The van der Waals surface area contributed by atoms with Crippen molar-refractivity contribution in [1.82, 2.24) is 5.32 Å². The van der Waals surface area contributed by atoms with Crippen LogP contribution in [-0.2, 0) is 4.74 Å². The van der Waals surface area contributed by atoms with Gasteiger partial charge in [0.05, 0.1) is 6.10 Å². The standard InChI is InChI=1S/C15H29NO/c1-2-16-15(14-11-7-8-12-17-14)13-9-5-3-4-6-10-13/h13-16H,2-12H2,1H3. The van der Waals surface area contributed by atoms with Gasteiger partial charge in [0.25, 0.3) is 0 Å². The number of hydrogen-bond acceptors (Lipinski definition) is 2. The van der Waals surface area contributed by atoms with Crippen LogP contribution in [0, 0.1) is 5.92 Å². The molecule has 2 rings (SSSR count). The molecule has 0 aromatic carbocycles. The molecule has 17 heavy (non-hydrogen) atoms. The third-order valence-electron chi connectivity index (χ3n) is 4.46. The molecular formula is C15H29NO. The van der Waals surface area contributed by atoms with Gasteiger partial charge < -0.3 is 10.1 Å². The Kier molecular flexibility index (Phi) is 5.79. The molecule has 1 saturated carbocycles. The van der Waals surface area contributed by atoms with E-state index in [2.05, 4.69) is 12.2 Å². The Bertz CT molecular complexity index is 193. The summed E-state index contributed by atoms with van der Waals surface area (Å²) in [5.74, 6) is 0.862. The van der Waals surface area contributed by atoms with Crippen molar-refractivity contribution in [2.45, 2.75) is 76.9 Å². The van der Waals surface area contributed by atoms with E-state index in [0.29, 0.717) is 12.1 Å². The van der Waals surface area contributed by atoms with Gasteiger partial charge in [-0.05, 0) is 44.6 Å². The van der Waals surface area contributed by atoms with Crippen molar-refractivity contribution in [2.75, 3.05) is 13.2 Å². The van der Waals surface area contributed by atoms with Gasteiger partial charge in [0.1, 0.15) is 0 Å². The molecule has 1 saturated heterocycles. The van der Waals surface area contributed by atoms with Crippen LogP contribution in [0.15, 0.2) is 0 Å². The average Bonchev–Trinajstić information content (AvgIpc) is 2.66. The fraction of sp³-hybridized carbons (Fsp3) is 1.00. The van der Waals surface area contributed by atoms with Crippen LogP contribution in [-0.4, -0.2) is 25.3 Å². The number of likely N-dealkylation sites (N-methyl/N-ethyl adjacent to an activating group) is 1. The minimum Gasteiger partial charge on any atom is -0.377 e. The van der Waals surface area contributed by atoms with Crippen LogP contribution >= 0.6 is 0 Å². The van der Waals surface area contributed by atoms with Crippen LogP contribution in [0.4, 0.5) is 0 Å². The highest BCUT2D eigenvalue weighted by molar-refractivity contribution is 4.86. The lowest BCUT2D eigenvalue weighted by Gasteiger charge is -2.36. The fourth-order valence-corrected chi connectivity index (χ4v) is 3.56. The quantitative estimate of drug-likeness (QED) is 0.758. The predicted molar refractivity (Wildman–Crippen MR) is 72.2 cm³/mol. The van der Waals surface area contributed by atoms with Crippen molar-refractivity contribution in [3.05, 3.63) is 0 Å². The fourth-order valence-electron chi connectivity index (χ4n) is 3.56. The van der Waals surface area contributed by atoms with E-state index < -0.39 is 0 Å². The molecule has 100 valence electrons. The third kappa shape index (κ3) is 3.96. The van der Waals surface area contributed by atoms with E-state index in [0.717, 1.165) is 19.1 Å². The number of hydrogen-bond donors (Lipinski definition) is 1. The molecule has 2 unspecified atom stereocenters. The maximum Gasteiger partial charge on any atom is 0.0730 e. The van der Waals surface area contributed by atoms with Crippen molar-refractivity contribution in [3.8, 4) is 0 Å². The van der Waals surface area contributed by atoms with Crippen molar-refractivity contribution < 1.29 is 4.74 Å². The monoisotopic (exact) mass is 239 g/mol. The van der Waals surface area contributed by atoms with Crippen LogP contribution in [0.3, 0.4) is 0 Å². The molecule has 0 aromatic heterocycles. The Morgan fingerprint density at radius 2 is 1.71 bits per heavy atom. The number of nitrogens with one attached hydrogen (secondary N) is 1. The first-order chi connectivity index (χ1) is 8.42. The van der Waals surface area contributed by atoms with Gasteiger partial charge in [-0.3, -0.25) is 0 Å². The maximum absolute atomic E-state index is 6.02. The van der Waals surface area contributed by atoms with E-state index in [1.807, 2.05) is 0 Å². The molecule has 1 aliphatic carbocycles. The summed E-state index contributed by atoms with van der Waals surface area (Å²) in [6.45, 7) is 4.30. The topological polar surface area (TPSA) is 21.3 Å². The zero-order chi connectivity index (χ0) is 11.9. The summed E-state index contributed by atoms with van der Waals surface area (Å²) < 4.78 is 6.02. The Hall–Kier alpha value is -0.0800. The first-order valence-electron chi connectivity index (χ1n) is 7.77. The van der Waals surface area contributed by atoms with E-state index in [1.54, 1.807) is 0 Å². The summed E-state index contributed by atoms with van der Waals surface area (Å²) in [6.07, 6.45) is 13.0. The second kappa shape index (κ2) is 7.38. The molecule has 2 fully saturated rings. The van der Waals surface area contributed by atoms with Gasteiger partial charge in [-0.15, -0.1) is 0 Å². The molecule has 0 bridgehead atoms. The molecule has 2 atom stereocenters. The lowest BCUT2D eigenvalue weighted by atomic mass is 9.86. The zero-order valence-corrected chi connectivity index (χ0v) is 11.4. The molecule has 0 aromatic rings. The first-order valence-corrected chi connectivity index (χ1v) is 7.77. The SMILES string of the molecule is CCNC(C1CCCCCC1)C1CCCCO1. The van der Waals surface area contributed by atoms with E-state index in [1.165, 1.54) is 57.8 Å². The summed E-state index contributed by atoms with van der Waals surface area (Å²) >= 11 is 0. The normalized spacial score (nSPS) is 29.8. The highest BCUT2D eigenvalue weighted by Crippen LogP contribution is 2.30. The molecule has 1 N–H and O–H groups in total. The third-order valence-corrected chi connectivity index (χ3v) is 4.46. The van der Waals surface area contributed by atoms with Crippen LogP contribution in [0.5, 0.6) is 0 Å². The molecular weight excluding hydrogens is 210 g/mol. The smallest absolute Gasteiger partial charge is 0.0730 e. The Labute approximate surface area is 107 Å². The van der Waals surface area contributed by atoms with Gasteiger partial charge >= 0.3 is 0 Å². The summed E-state index contributed by atoms with van der Waals surface area (Å²) in [5, 5.41) is 3.72. The van der Waals surface area contributed by atoms with Gasteiger partial charge in [-0.2, -0.15) is 0 Å². The molecule has 0 amide bonds. The zero-order valence-electron chi connectivity index (χ0n) is 11.4. The summed E-state index contributed by atoms with van der Waals surface area (Å²) in [6, 6.07) is 0.624. The lowest BCUT2D eigenvalue weighted by molar-refractivity contribution is -0.0224. The van der Waals surface area contributed by atoms with Crippen LogP contribution in [0.25, 0.3) is 0 Å². The highest BCUT2D eigenvalue weighted by Gasteiger charge is 2.30. The Morgan fingerprint density at radius 3 is 2.29 bits per heavy atom. The van der Waals surface area contributed by atoms with Crippen molar-refractivity contribution >= 4 is 0 Å². The average molecular weight is 239 g/mol. The van der Waals surface area contributed by atoms with Gasteiger partial charge in [0, 0.05) is 12.6 Å². The largest absolute Gasteiger partial charge is 0.377 e. The summed E-state index contributed by atoms with van der Waals surface area (Å²) in [7, 11) is 0. The van der Waals surface area contributed by atoms with Gasteiger partial charge in [0.2, 0.25) is 0 Å². The van der Waals surface area contributed by atoms with Gasteiger partial charge in [-0.25, -0.2) is 0 Å². The van der Waals surface area contributed by atoms with E-state index >= 15 is 0 Å². The van der Waals surface area contributed by atoms with Gasteiger partial charge in [0.15, 0.2) is 0 Å². The predicted octanol–water partition coefficient (Wildman–Crippen LogP) is 3.50. The number of ether oxygens (including phenoxy) is 1. The summed E-state index contributed by atoms with van der Waals surface area (Å²) in [4.78, 5) is 0. The second-order valence-electron chi connectivity index (χ2n) is 5.74. The Morgan fingerprint density at radius 1 is 1.00 bits per heavy atom. The second-order valence-corrected chi connectivity index (χ2v) is 5.74. The van der Waals surface area contributed by atoms with Crippen molar-refractivity contribution in [3.63, 3.8) is 0 Å². The molecule has 2 nitrogen and oxygen atoms in total. The molecule has 1 heterocycles. The molecule has 2 aliphatic rings. The molecule has 0 spiro atoms. The van der Waals surface area contributed by atoms with Crippen molar-refractivity contribution in [1.29, 1.82) is 0 Å². The molecule has 0 radical (unpaired) electrons. The van der Waals surface area contributed by atoms with E-state index in [4.69, 9.17) is 4.74 Å². The van der Waals surface area contributed by atoms with Crippen LogP contribution in [0.2, 0.25) is 0 Å². The summed E-state index contributed by atoms with van der Waals surface area (Å²) in [5.41, 5.74) is 0. The van der Waals surface area contributed by atoms with Crippen LogP contribution in [0.1, 0.15) is 64.7 Å². The minimum absolute atomic E-state index is 0.492. The van der Waals surface area contributed by atoms with Crippen LogP contribution < -0.4 is 5.32 Å². The Balaban J connectivity index is 1.93. The van der Waals surface area contributed by atoms with E-state index in [-0.39, 0.29) is 0 Å².